The minimum Gasteiger partial charge on any atom is -0.490 e. The van der Waals surface area contributed by atoms with Gasteiger partial charge in [-0.25, -0.2) is 4.98 Å². The van der Waals surface area contributed by atoms with Gasteiger partial charge in [0.1, 0.15) is 5.01 Å². The van der Waals surface area contributed by atoms with Crippen molar-refractivity contribution >= 4 is 40.0 Å². The van der Waals surface area contributed by atoms with E-state index in [4.69, 9.17) is 22.7 Å². The van der Waals surface area contributed by atoms with Gasteiger partial charge in [0.25, 0.3) is 0 Å². The van der Waals surface area contributed by atoms with E-state index in [1.54, 1.807) is 12.1 Å². The molecule has 0 atom stereocenters. The van der Waals surface area contributed by atoms with Crippen LogP contribution in [0.3, 0.4) is 0 Å². The molecule has 0 aliphatic rings. The third-order valence-electron chi connectivity index (χ3n) is 3.55. The number of methoxy groups -OCH3 is 1. The Hall–Kier alpha value is -3.04. The van der Waals surface area contributed by atoms with E-state index in [0.717, 1.165) is 16.3 Å². The summed E-state index contributed by atoms with van der Waals surface area (Å²) in [4.78, 5) is 15.3. The molecule has 26 heavy (non-hydrogen) atoms. The van der Waals surface area contributed by atoms with Crippen LogP contribution < -0.4 is 15.8 Å². The van der Waals surface area contributed by atoms with E-state index in [1.807, 2.05) is 29.6 Å². The molecule has 3 aromatic rings. The lowest BCUT2D eigenvalue weighted by Gasteiger charge is -2.05. The first-order chi connectivity index (χ1) is 12.5. The van der Waals surface area contributed by atoms with Crippen molar-refractivity contribution in [3.63, 3.8) is 0 Å². The van der Waals surface area contributed by atoms with Crippen LogP contribution in [0.2, 0.25) is 0 Å². The van der Waals surface area contributed by atoms with Gasteiger partial charge in [-0.05, 0) is 36.5 Å². The fourth-order valence-electron chi connectivity index (χ4n) is 2.40. The number of anilines is 1. The van der Waals surface area contributed by atoms with Crippen LogP contribution in [0.4, 0.5) is 11.4 Å². The van der Waals surface area contributed by atoms with Gasteiger partial charge in [-0.1, -0.05) is 12.1 Å². The van der Waals surface area contributed by atoms with E-state index in [9.17, 15) is 10.1 Å². The molecule has 132 valence electrons. The molecule has 0 aliphatic heterocycles. The topological polar surface area (TPSA) is 103 Å². The number of nitro groups is 1. The summed E-state index contributed by atoms with van der Waals surface area (Å²) in [5, 5.41) is 16.9. The maximum absolute atomic E-state index is 11.2. The van der Waals surface area contributed by atoms with Crippen molar-refractivity contribution in [1.82, 2.24) is 4.98 Å². The molecular formula is C17H14N4O3S2. The second-order valence-electron chi connectivity index (χ2n) is 5.25. The van der Waals surface area contributed by atoms with Crippen molar-refractivity contribution < 1.29 is 9.66 Å². The Balaban J connectivity index is 1.94. The van der Waals surface area contributed by atoms with Gasteiger partial charge >= 0.3 is 5.69 Å². The van der Waals surface area contributed by atoms with Gasteiger partial charge in [0.2, 0.25) is 0 Å². The second kappa shape index (κ2) is 7.46. The van der Waals surface area contributed by atoms with Gasteiger partial charge < -0.3 is 15.8 Å². The van der Waals surface area contributed by atoms with Crippen LogP contribution in [0.15, 0.2) is 47.8 Å². The Bertz CT molecular complexity index is 988. The Morgan fingerprint density at radius 1 is 1.31 bits per heavy atom. The standard InChI is InChI=1S/C17H14N4O3S2/c1-24-15-6-5-10(8-14(15)21(22)23)13-9-26-16(20-13)11-3-2-4-12(7-11)19-17(18)25/h2-9H,1H3,(H3,18,19,25). The number of ether oxygens (including phenoxy) is 1. The Morgan fingerprint density at radius 2 is 2.12 bits per heavy atom. The molecule has 0 aliphatic carbocycles. The quantitative estimate of drug-likeness (QED) is 0.387. The zero-order valence-electron chi connectivity index (χ0n) is 13.6. The zero-order chi connectivity index (χ0) is 18.7. The number of nitrogens with two attached hydrogens (primary N) is 1. The number of benzene rings is 2. The molecule has 3 N–H and O–H groups in total. The number of nitro benzene ring substituents is 1. The highest BCUT2D eigenvalue weighted by Gasteiger charge is 2.17. The van der Waals surface area contributed by atoms with Gasteiger partial charge in [0.05, 0.1) is 17.7 Å². The van der Waals surface area contributed by atoms with Crippen LogP contribution >= 0.6 is 23.6 Å². The molecule has 7 nitrogen and oxygen atoms in total. The lowest BCUT2D eigenvalue weighted by atomic mass is 10.1. The molecule has 0 radical (unpaired) electrons. The summed E-state index contributed by atoms with van der Waals surface area (Å²) in [5.74, 6) is 0.214. The first-order valence-electron chi connectivity index (χ1n) is 7.43. The van der Waals surface area contributed by atoms with Crippen LogP contribution in [0.1, 0.15) is 0 Å². The van der Waals surface area contributed by atoms with Crippen molar-refractivity contribution in [2.45, 2.75) is 0 Å². The van der Waals surface area contributed by atoms with Gasteiger partial charge in [-0.2, -0.15) is 0 Å². The number of thiocarbonyl (C=S) groups is 1. The molecule has 3 rings (SSSR count). The van der Waals surface area contributed by atoms with E-state index < -0.39 is 4.92 Å². The van der Waals surface area contributed by atoms with E-state index in [0.29, 0.717) is 11.3 Å². The third kappa shape index (κ3) is 3.79. The molecular weight excluding hydrogens is 372 g/mol. The molecule has 0 saturated heterocycles. The molecule has 0 amide bonds. The van der Waals surface area contributed by atoms with Gasteiger partial charge in [0.15, 0.2) is 10.9 Å². The number of rotatable bonds is 5. The van der Waals surface area contributed by atoms with Crippen LogP contribution in [-0.4, -0.2) is 22.1 Å². The minimum absolute atomic E-state index is 0.0952. The highest BCUT2D eigenvalue weighted by molar-refractivity contribution is 7.80. The monoisotopic (exact) mass is 386 g/mol. The molecule has 0 unspecified atom stereocenters. The van der Waals surface area contributed by atoms with E-state index in [-0.39, 0.29) is 16.5 Å². The molecule has 9 heteroatoms. The van der Waals surface area contributed by atoms with E-state index >= 15 is 0 Å². The second-order valence-corrected chi connectivity index (χ2v) is 6.55. The SMILES string of the molecule is COc1ccc(-c2csc(-c3cccc(NC(N)=S)c3)n2)cc1[N+](=O)[O-]. The van der Waals surface area contributed by atoms with Crippen LogP contribution in [0, 0.1) is 10.1 Å². The summed E-state index contributed by atoms with van der Waals surface area (Å²) in [5.41, 5.74) is 8.37. The summed E-state index contributed by atoms with van der Waals surface area (Å²) in [6, 6.07) is 12.3. The predicted molar refractivity (Wildman–Crippen MR) is 107 cm³/mol. The molecule has 0 saturated carbocycles. The predicted octanol–water partition coefficient (Wildman–Crippen LogP) is 4.05. The largest absolute Gasteiger partial charge is 0.490 e. The summed E-state index contributed by atoms with van der Waals surface area (Å²) < 4.78 is 5.03. The molecule has 1 aromatic heterocycles. The van der Waals surface area contributed by atoms with Crippen molar-refractivity contribution in [2.24, 2.45) is 5.73 Å². The summed E-state index contributed by atoms with van der Waals surface area (Å²) in [7, 11) is 1.40. The van der Waals surface area contributed by atoms with Crippen LogP contribution in [-0.2, 0) is 0 Å². The highest BCUT2D eigenvalue weighted by atomic mass is 32.1. The van der Waals surface area contributed by atoms with Crippen molar-refractivity contribution in [2.75, 3.05) is 12.4 Å². The zero-order valence-corrected chi connectivity index (χ0v) is 15.3. The Labute approximate surface area is 158 Å². The first-order valence-corrected chi connectivity index (χ1v) is 8.72. The Morgan fingerprint density at radius 3 is 2.81 bits per heavy atom. The smallest absolute Gasteiger partial charge is 0.311 e. The average molecular weight is 386 g/mol. The molecule has 0 fully saturated rings. The molecule has 2 aromatic carbocycles. The Kier molecular flexibility index (Phi) is 5.10. The minimum atomic E-state index is -0.472. The molecule has 0 bridgehead atoms. The number of aromatic nitrogens is 1. The fourth-order valence-corrected chi connectivity index (χ4v) is 3.35. The third-order valence-corrected chi connectivity index (χ3v) is 4.55. The number of hydrogen-bond acceptors (Lipinski definition) is 6. The van der Waals surface area contributed by atoms with E-state index in [2.05, 4.69) is 10.3 Å². The van der Waals surface area contributed by atoms with Gasteiger partial charge in [-0.3, -0.25) is 10.1 Å². The molecule has 1 heterocycles. The van der Waals surface area contributed by atoms with Crippen molar-refractivity contribution in [3.8, 4) is 27.6 Å². The highest BCUT2D eigenvalue weighted by Crippen LogP contribution is 2.34. The number of hydrogen-bond donors (Lipinski definition) is 2. The normalized spacial score (nSPS) is 10.3. The fraction of sp³-hybridized carbons (Fsp3) is 0.0588. The summed E-state index contributed by atoms with van der Waals surface area (Å²) in [6.07, 6.45) is 0. The number of thiazole rings is 1. The lowest BCUT2D eigenvalue weighted by molar-refractivity contribution is -0.385. The summed E-state index contributed by atoms with van der Waals surface area (Å²) >= 11 is 6.29. The van der Waals surface area contributed by atoms with Crippen molar-refractivity contribution in [3.05, 3.63) is 58.0 Å². The summed E-state index contributed by atoms with van der Waals surface area (Å²) in [6.45, 7) is 0. The van der Waals surface area contributed by atoms with Gasteiger partial charge in [0, 0.05) is 28.3 Å². The lowest BCUT2D eigenvalue weighted by Crippen LogP contribution is -2.18. The number of nitrogens with one attached hydrogen (secondary N) is 1. The molecule has 0 spiro atoms. The van der Waals surface area contributed by atoms with Crippen molar-refractivity contribution in [1.29, 1.82) is 0 Å². The van der Waals surface area contributed by atoms with Crippen LogP contribution in [0.5, 0.6) is 5.75 Å². The first kappa shape index (κ1) is 17.8. The maximum Gasteiger partial charge on any atom is 0.311 e. The van der Waals surface area contributed by atoms with E-state index in [1.165, 1.54) is 24.5 Å². The average Bonchev–Trinajstić information content (AvgIpc) is 3.11. The number of nitrogens with zero attached hydrogens (tertiary/aromatic N) is 2. The maximum atomic E-state index is 11.2. The van der Waals surface area contributed by atoms with Gasteiger partial charge in [-0.15, -0.1) is 11.3 Å². The van der Waals surface area contributed by atoms with Crippen LogP contribution in [0.25, 0.3) is 21.8 Å².